The Balaban J connectivity index is 1.81. The van der Waals surface area contributed by atoms with Crippen molar-refractivity contribution in [2.45, 2.75) is 19.3 Å². The number of nitrogen functional groups attached to an aromatic ring is 1. The maximum Gasteiger partial charge on any atom is 0.329 e. The number of aromatic nitrogens is 1. The standard InChI is InChI=1S/C20H17FN2S2/c1-12-15-4-2-3-5-18(15)25-19(12)16(17-11-24-20(22)23-17)10-13-6-8-14(21)9-7-13/h2-9,11,16H,10H2,1H3,(H2,22,23)/p+1. The van der Waals surface area contributed by atoms with Crippen LogP contribution < -0.4 is 10.7 Å². The zero-order chi connectivity index (χ0) is 17.4. The molecule has 2 nitrogen and oxygen atoms in total. The normalized spacial score (nSPS) is 12.6. The van der Waals surface area contributed by atoms with Gasteiger partial charge in [-0.15, -0.1) is 11.3 Å². The van der Waals surface area contributed by atoms with Crippen LogP contribution in [0.15, 0.2) is 53.9 Å². The van der Waals surface area contributed by atoms with Crippen molar-refractivity contribution in [3.63, 3.8) is 0 Å². The van der Waals surface area contributed by atoms with Gasteiger partial charge in [-0.1, -0.05) is 41.7 Å². The van der Waals surface area contributed by atoms with E-state index in [1.807, 2.05) is 23.5 Å². The van der Waals surface area contributed by atoms with E-state index in [-0.39, 0.29) is 11.7 Å². The number of thiophene rings is 1. The summed E-state index contributed by atoms with van der Waals surface area (Å²) in [6.45, 7) is 2.18. The van der Waals surface area contributed by atoms with Crippen LogP contribution in [0.3, 0.4) is 0 Å². The molecule has 1 unspecified atom stereocenters. The van der Waals surface area contributed by atoms with Crippen LogP contribution >= 0.6 is 22.7 Å². The lowest BCUT2D eigenvalue weighted by atomic mass is 9.92. The summed E-state index contributed by atoms with van der Waals surface area (Å²) in [6.07, 6.45) is 0.806. The Bertz CT molecular complexity index is 1020. The maximum absolute atomic E-state index is 13.3. The highest BCUT2D eigenvalue weighted by molar-refractivity contribution is 7.19. The van der Waals surface area contributed by atoms with Crippen LogP contribution in [0.5, 0.6) is 0 Å². The molecule has 2 aromatic carbocycles. The number of H-pyrrole nitrogens is 1. The molecule has 3 N–H and O–H groups in total. The molecular formula is C20H18FN2S2+. The van der Waals surface area contributed by atoms with Crippen LogP contribution in [0.1, 0.15) is 27.6 Å². The third-order valence-corrected chi connectivity index (χ3v) is 6.62. The fourth-order valence-corrected chi connectivity index (χ4v) is 5.21. The highest BCUT2D eigenvalue weighted by Gasteiger charge is 2.25. The second-order valence-electron chi connectivity index (χ2n) is 6.15. The summed E-state index contributed by atoms with van der Waals surface area (Å²) in [4.78, 5) is 4.64. The molecule has 0 aliphatic heterocycles. The quantitative estimate of drug-likeness (QED) is 0.529. The minimum Gasteiger partial charge on any atom is -0.278 e. The van der Waals surface area contributed by atoms with Crippen molar-refractivity contribution < 1.29 is 9.37 Å². The number of aromatic amines is 1. The van der Waals surface area contributed by atoms with E-state index in [0.29, 0.717) is 5.13 Å². The van der Waals surface area contributed by atoms with Gasteiger partial charge in [-0.05, 0) is 48.1 Å². The molecule has 0 fully saturated rings. The number of hydrogen-bond acceptors (Lipinski definition) is 3. The van der Waals surface area contributed by atoms with Gasteiger partial charge >= 0.3 is 5.13 Å². The molecule has 0 bridgehead atoms. The summed E-state index contributed by atoms with van der Waals surface area (Å²) in [5.74, 6) is -0.0268. The second-order valence-corrected chi connectivity index (χ2v) is 8.15. The Kier molecular flexibility index (Phi) is 4.27. The number of nitrogens with one attached hydrogen (secondary N) is 1. The predicted octanol–water partition coefficient (Wildman–Crippen LogP) is 5.18. The summed E-state index contributed by atoms with van der Waals surface area (Å²) in [5.41, 5.74) is 9.47. The highest BCUT2D eigenvalue weighted by Crippen LogP contribution is 2.39. The van der Waals surface area contributed by atoms with Crippen LogP contribution in [-0.2, 0) is 6.42 Å². The Morgan fingerprint density at radius 1 is 1.12 bits per heavy atom. The number of rotatable bonds is 4. The van der Waals surface area contributed by atoms with Crippen molar-refractivity contribution in [3.8, 4) is 0 Å². The molecule has 4 aromatic rings. The summed E-state index contributed by atoms with van der Waals surface area (Å²) in [7, 11) is 0. The molecule has 0 saturated carbocycles. The fraction of sp³-hybridized carbons (Fsp3) is 0.150. The van der Waals surface area contributed by atoms with Crippen LogP contribution in [0.2, 0.25) is 0 Å². The van der Waals surface area contributed by atoms with E-state index in [9.17, 15) is 4.39 Å². The van der Waals surface area contributed by atoms with Crippen LogP contribution in [0, 0.1) is 12.7 Å². The van der Waals surface area contributed by atoms with E-state index in [2.05, 4.69) is 41.6 Å². The third-order valence-electron chi connectivity index (χ3n) is 4.51. The van der Waals surface area contributed by atoms with Crippen molar-refractivity contribution in [2.75, 3.05) is 5.73 Å². The van der Waals surface area contributed by atoms with Crippen LogP contribution in [-0.4, -0.2) is 0 Å². The van der Waals surface area contributed by atoms with E-state index < -0.39 is 0 Å². The molecule has 1 atom stereocenters. The fourth-order valence-electron chi connectivity index (χ4n) is 3.22. The zero-order valence-corrected chi connectivity index (χ0v) is 15.4. The van der Waals surface area contributed by atoms with Gasteiger partial charge in [0, 0.05) is 15.0 Å². The van der Waals surface area contributed by atoms with Gasteiger partial charge in [-0.25, -0.2) is 9.37 Å². The summed E-state index contributed by atoms with van der Waals surface area (Å²) in [5, 5.41) is 4.10. The van der Waals surface area contributed by atoms with Gasteiger partial charge in [-0.2, -0.15) is 0 Å². The number of hydrogen-bond donors (Lipinski definition) is 1. The molecule has 0 radical (unpaired) electrons. The van der Waals surface area contributed by atoms with Crippen molar-refractivity contribution in [3.05, 3.63) is 81.4 Å². The first-order valence-electron chi connectivity index (χ1n) is 8.10. The first kappa shape index (κ1) is 16.2. The van der Waals surface area contributed by atoms with Crippen LogP contribution in [0.25, 0.3) is 10.1 Å². The number of aryl methyl sites for hydroxylation is 1. The van der Waals surface area contributed by atoms with Crippen molar-refractivity contribution in [1.82, 2.24) is 0 Å². The third kappa shape index (κ3) is 3.17. The molecule has 25 heavy (non-hydrogen) atoms. The molecule has 2 aromatic heterocycles. The highest BCUT2D eigenvalue weighted by atomic mass is 32.1. The molecular weight excluding hydrogens is 351 g/mol. The van der Waals surface area contributed by atoms with E-state index in [1.54, 1.807) is 0 Å². The van der Waals surface area contributed by atoms with Crippen LogP contribution in [0.4, 0.5) is 9.52 Å². The summed E-state index contributed by atoms with van der Waals surface area (Å²) >= 11 is 3.35. The van der Waals surface area contributed by atoms with Gasteiger partial charge in [0.05, 0.1) is 5.92 Å². The molecule has 0 saturated heterocycles. The van der Waals surface area contributed by atoms with Gasteiger partial charge in [0.2, 0.25) is 0 Å². The lowest BCUT2D eigenvalue weighted by Crippen LogP contribution is -2.17. The monoisotopic (exact) mass is 369 g/mol. The Labute approximate surface area is 153 Å². The van der Waals surface area contributed by atoms with Gasteiger partial charge in [-0.3, -0.25) is 5.73 Å². The number of fused-ring (bicyclic) bond motifs is 1. The smallest absolute Gasteiger partial charge is 0.278 e. The summed E-state index contributed by atoms with van der Waals surface area (Å²) < 4.78 is 14.6. The molecule has 126 valence electrons. The minimum absolute atomic E-state index is 0.177. The Hall–Kier alpha value is -2.24. The van der Waals surface area contributed by atoms with Gasteiger partial charge in [0.25, 0.3) is 0 Å². The Morgan fingerprint density at radius 3 is 2.56 bits per heavy atom. The topological polar surface area (TPSA) is 40.2 Å². The van der Waals surface area contributed by atoms with E-state index in [0.717, 1.165) is 17.7 Å². The lowest BCUT2D eigenvalue weighted by Gasteiger charge is -2.14. The van der Waals surface area contributed by atoms with E-state index in [4.69, 9.17) is 5.73 Å². The molecule has 4 rings (SSSR count). The average molecular weight is 370 g/mol. The maximum atomic E-state index is 13.3. The number of thiazole rings is 1. The molecule has 2 heterocycles. The van der Waals surface area contributed by atoms with Gasteiger partial charge in [0.15, 0.2) is 0 Å². The second kappa shape index (κ2) is 6.58. The predicted molar refractivity (Wildman–Crippen MR) is 104 cm³/mol. The molecule has 0 spiro atoms. The minimum atomic E-state index is -0.204. The first-order chi connectivity index (χ1) is 12.1. The lowest BCUT2D eigenvalue weighted by molar-refractivity contribution is -0.368. The number of benzene rings is 2. The largest absolute Gasteiger partial charge is 0.329 e. The molecule has 5 heteroatoms. The molecule has 0 aliphatic carbocycles. The number of halogens is 1. The average Bonchev–Trinajstić information content (AvgIpc) is 3.19. The van der Waals surface area contributed by atoms with Crippen molar-refractivity contribution >= 4 is 37.9 Å². The first-order valence-corrected chi connectivity index (χ1v) is 9.80. The Morgan fingerprint density at radius 2 is 1.88 bits per heavy atom. The van der Waals surface area contributed by atoms with E-state index >= 15 is 0 Å². The van der Waals surface area contributed by atoms with Crippen molar-refractivity contribution in [1.29, 1.82) is 0 Å². The van der Waals surface area contributed by atoms with Gasteiger partial charge in [0.1, 0.15) is 11.5 Å². The van der Waals surface area contributed by atoms with Crippen molar-refractivity contribution in [2.24, 2.45) is 0 Å². The zero-order valence-electron chi connectivity index (χ0n) is 13.8. The molecule has 0 amide bonds. The molecule has 0 aliphatic rings. The number of nitrogens with two attached hydrogens (primary N) is 1. The SMILES string of the molecule is Cc1c(C(Cc2ccc(F)cc2)c2csc(N)[nH+]2)sc2ccccc12. The van der Waals surface area contributed by atoms with E-state index in [1.165, 1.54) is 44.0 Å². The number of anilines is 1. The summed E-state index contributed by atoms with van der Waals surface area (Å²) in [6, 6.07) is 15.3. The van der Waals surface area contributed by atoms with Gasteiger partial charge < -0.3 is 0 Å².